The molecule has 0 saturated heterocycles. The number of anilines is 1. The van der Waals surface area contributed by atoms with Gasteiger partial charge in [0.1, 0.15) is 12.6 Å². The van der Waals surface area contributed by atoms with Crippen LogP contribution in [0.4, 0.5) is 5.69 Å². The number of aryl methyl sites for hydroxylation is 2. The third-order valence-electron chi connectivity index (χ3n) is 6.10. The molecule has 1 atom stereocenters. The van der Waals surface area contributed by atoms with Crippen LogP contribution in [0.15, 0.2) is 71.6 Å². The van der Waals surface area contributed by atoms with Crippen molar-refractivity contribution in [1.29, 1.82) is 0 Å². The molecule has 37 heavy (non-hydrogen) atoms. The zero-order chi connectivity index (χ0) is 27.3. The van der Waals surface area contributed by atoms with Crippen LogP contribution >= 0.6 is 23.2 Å². The van der Waals surface area contributed by atoms with Gasteiger partial charge in [0.25, 0.3) is 10.0 Å². The predicted octanol–water partition coefficient (Wildman–Crippen LogP) is 4.97. The monoisotopic (exact) mass is 561 g/mol. The predicted molar refractivity (Wildman–Crippen MR) is 147 cm³/mol. The Bertz CT molecular complexity index is 1400. The van der Waals surface area contributed by atoms with E-state index < -0.39 is 28.5 Å². The lowest BCUT2D eigenvalue weighted by molar-refractivity contribution is -0.139. The normalized spacial score (nSPS) is 12.1. The molecule has 0 aliphatic rings. The maximum Gasteiger partial charge on any atom is 0.264 e. The van der Waals surface area contributed by atoms with E-state index in [4.69, 9.17) is 23.2 Å². The Morgan fingerprint density at radius 2 is 1.59 bits per heavy atom. The Labute approximate surface area is 228 Å². The minimum absolute atomic E-state index is 0.00235. The third-order valence-corrected chi connectivity index (χ3v) is 8.69. The molecule has 3 rings (SSSR count). The van der Waals surface area contributed by atoms with Crippen molar-refractivity contribution < 1.29 is 18.0 Å². The van der Waals surface area contributed by atoms with Crippen molar-refractivity contribution in [3.8, 4) is 0 Å². The second kappa shape index (κ2) is 12.0. The van der Waals surface area contributed by atoms with Crippen molar-refractivity contribution in [3.63, 3.8) is 0 Å². The number of carbonyl (C=O) groups excluding carboxylic acids is 2. The second-order valence-electron chi connectivity index (χ2n) is 8.64. The molecule has 0 radical (unpaired) electrons. The summed E-state index contributed by atoms with van der Waals surface area (Å²) in [5, 5.41) is 2.70. The van der Waals surface area contributed by atoms with E-state index >= 15 is 0 Å². The number of rotatable bonds is 9. The molecule has 0 spiro atoms. The number of nitrogens with one attached hydrogen (secondary N) is 1. The van der Waals surface area contributed by atoms with Gasteiger partial charge in [-0.2, -0.15) is 0 Å². The van der Waals surface area contributed by atoms with Crippen LogP contribution in [0.25, 0.3) is 0 Å². The summed E-state index contributed by atoms with van der Waals surface area (Å²) in [4.78, 5) is 27.7. The van der Waals surface area contributed by atoms with Crippen LogP contribution in [0.2, 0.25) is 10.0 Å². The molecule has 0 heterocycles. The number of amides is 2. The fourth-order valence-electron chi connectivity index (χ4n) is 3.80. The quantitative estimate of drug-likeness (QED) is 0.399. The molecular weight excluding hydrogens is 533 g/mol. The number of likely N-dealkylation sites (N-methyl/N-ethyl adjacent to an activating group) is 1. The smallest absolute Gasteiger partial charge is 0.264 e. The standard InChI is InChI=1S/C27H29Cl2N3O4S/c1-18-12-14-22(15-13-18)37(35,36)32(24-11-7-10-23(28)26(24)29)17-25(33)31(20(3)27(34)30-4)16-21-9-6-5-8-19(21)2/h5-15,20H,16-17H2,1-4H3,(H,30,34). The highest BCUT2D eigenvalue weighted by Crippen LogP contribution is 2.35. The van der Waals surface area contributed by atoms with Gasteiger partial charge in [-0.1, -0.05) is 71.2 Å². The number of nitrogens with zero attached hydrogens (tertiary/aromatic N) is 2. The minimum atomic E-state index is -4.23. The maximum atomic E-state index is 13.8. The molecule has 10 heteroatoms. The van der Waals surface area contributed by atoms with Crippen LogP contribution in [-0.2, 0) is 26.2 Å². The lowest BCUT2D eigenvalue weighted by atomic mass is 10.1. The van der Waals surface area contributed by atoms with Crippen LogP contribution in [0, 0.1) is 13.8 Å². The lowest BCUT2D eigenvalue weighted by Gasteiger charge is -2.32. The summed E-state index contributed by atoms with van der Waals surface area (Å²) < 4.78 is 28.6. The van der Waals surface area contributed by atoms with Crippen molar-refractivity contribution in [2.75, 3.05) is 17.9 Å². The van der Waals surface area contributed by atoms with E-state index in [-0.39, 0.29) is 33.1 Å². The molecule has 3 aromatic carbocycles. The number of sulfonamides is 1. The summed E-state index contributed by atoms with van der Waals surface area (Å²) in [5.74, 6) is -0.957. The highest BCUT2D eigenvalue weighted by atomic mass is 35.5. The van der Waals surface area contributed by atoms with E-state index in [1.807, 2.05) is 38.1 Å². The van der Waals surface area contributed by atoms with E-state index in [0.29, 0.717) is 0 Å². The first kappa shape index (κ1) is 28.5. The number of halogens is 2. The molecule has 7 nitrogen and oxygen atoms in total. The fourth-order valence-corrected chi connectivity index (χ4v) is 5.67. The molecule has 2 amide bonds. The molecule has 196 valence electrons. The summed E-state index contributed by atoms with van der Waals surface area (Å²) in [5.41, 5.74) is 2.71. The number of hydrogen-bond donors (Lipinski definition) is 1. The number of carbonyl (C=O) groups is 2. The second-order valence-corrected chi connectivity index (χ2v) is 11.3. The highest BCUT2D eigenvalue weighted by molar-refractivity contribution is 7.92. The summed E-state index contributed by atoms with van der Waals surface area (Å²) in [6.07, 6.45) is 0. The van der Waals surface area contributed by atoms with E-state index in [1.165, 1.54) is 36.2 Å². The lowest BCUT2D eigenvalue weighted by Crippen LogP contribution is -2.50. The molecule has 0 fully saturated rings. The van der Waals surface area contributed by atoms with Crippen molar-refractivity contribution in [2.24, 2.45) is 0 Å². The average molecular weight is 563 g/mol. The Hall–Kier alpha value is -3.07. The van der Waals surface area contributed by atoms with Crippen LogP contribution in [0.3, 0.4) is 0 Å². The molecule has 0 bridgehead atoms. The topological polar surface area (TPSA) is 86.8 Å². The van der Waals surface area contributed by atoms with E-state index in [0.717, 1.165) is 21.0 Å². The van der Waals surface area contributed by atoms with Crippen LogP contribution < -0.4 is 9.62 Å². The first-order valence-electron chi connectivity index (χ1n) is 11.6. The Kier molecular flexibility index (Phi) is 9.23. The third kappa shape index (κ3) is 6.44. The zero-order valence-corrected chi connectivity index (χ0v) is 23.4. The molecule has 3 aromatic rings. The highest BCUT2D eigenvalue weighted by Gasteiger charge is 2.33. The van der Waals surface area contributed by atoms with Gasteiger partial charge in [-0.3, -0.25) is 13.9 Å². The van der Waals surface area contributed by atoms with Gasteiger partial charge in [0, 0.05) is 13.6 Å². The molecule has 0 aliphatic carbocycles. The van der Waals surface area contributed by atoms with E-state index in [1.54, 1.807) is 25.1 Å². The summed E-state index contributed by atoms with van der Waals surface area (Å²) in [7, 11) is -2.75. The molecule has 1 unspecified atom stereocenters. The minimum Gasteiger partial charge on any atom is -0.357 e. The van der Waals surface area contributed by atoms with Gasteiger partial charge < -0.3 is 10.2 Å². The summed E-state index contributed by atoms with van der Waals surface area (Å²) >= 11 is 12.6. The van der Waals surface area contributed by atoms with Crippen molar-refractivity contribution in [3.05, 3.63) is 93.5 Å². The first-order chi connectivity index (χ1) is 17.5. The van der Waals surface area contributed by atoms with Crippen LogP contribution in [-0.4, -0.2) is 44.8 Å². The molecular formula is C27H29Cl2N3O4S. The average Bonchev–Trinajstić information content (AvgIpc) is 2.87. The van der Waals surface area contributed by atoms with Crippen LogP contribution in [0.5, 0.6) is 0 Å². The molecule has 1 N–H and O–H groups in total. The van der Waals surface area contributed by atoms with Crippen molar-refractivity contribution in [1.82, 2.24) is 10.2 Å². The maximum absolute atomic E-state index is 13.8. The summed E-state index contributed by atoms with van der Waals surface area (Å²) in [6.45, 7) is 4.86. The van der Waals surface area contributed by atoms with E-state index in [2.05, 4.69) is 5.32 Å². The largest absolute Gasteiger partial charge is 0.357 e. The fraction of sp³-hybridized carbons (Fsp3) is 0.259. The molecule has 0 aromatic heterocycles. The molecule has 0 aliphatic heterocycles. The Morgan fingerprint density at radius 3 is 2.22 bits per heavy atom. The van der Waals surface area contributed by atoms with Crippen molar-refractivity contribution in [2.45, 2.75) is 38.3 Å². The van der Waals surface area contributed by atoms with E-state index in [9.17, 15) is 18.0 Å². The molecule has 0 saturated carbocycles. The van der Waals surface area contributed by atoms with Gasteiger partial charge in [-0.05, 0) is 56.2 Å². The Morgan fingerprint density at radius 1 is 0.946 bits per heavy atom. The summed E-state index contributed by atoms with van der Waals surface area (Å²) in [6, 6.07) is 17.5. The van der Waals surface area contributed by atoms with Crippen LogP contribution in [0.1, 0.15) is 23.6 Å². The Balaban J connectivity index is 2.09. The van der Waals surface area contributed by atoms with Gasteiger partial charge in [0.15, 0.2) is 0 Å². The van der Waals surface area contributed by atoms with Gasteiger partial charge in [-0.15, -0.1) is 0 Å². The number of hydrogen-bond acceptors (Lipinski definition) is 4. The van der Waals surface area contributed by atoms with Gasteiger partial charge in [-0.25, -0.2) is 8.42 Å². The number of benzene rings is 3. The van der Waals surface area contributed by atoms with Crippen molar-refractivity contribution >= 4 is 50.7 Å². The first-order valence-corrected chi connectivity index (χ1v) is 13.8. The SMILES string of the molecule is CNC(=O)C(C)N(Cc1ccccc1C)C(=O)CN(c1cccc(Cl)c1Cl)S(=O)(=O)c1ccc(C)cc1. The van der Waals surface area contributed by atoms with Gasteiger partial charge in [0.2, 0.25) is 11.8 Å². The zero-order valence-electron chi connectivity index (χ0n) is 21.0. The van der Waals surface area contributed by atoms with Gasteiger partial charge in [0.05, 0.1) is 20.6 Å². The van der Waals surface area contributed by atoms with Gasteiger partial charge >= 0.3 is 0 Å².